The number of nitrogens with one attached hydrogen (secondary N) is 1. The van der Waals surface area contributed by atoms with E-state index in [9.17, 15) is 4.79 Å². The fourth-order valence-electron chi connectivity index (χ4n) is 2.88. The Morgan fingerprint density at radius 3 is 2.22 bits per heavy atom. The van der Waals surface area contributed by atoms with Gasteiger partial charge >= 0.3 is 6.09 Å². The minimum Gasteiger partial charge on any atom is -0.444 e. The molecule has 0 bridgehead atoms. The number of nitrogens with zero attached hydrogens (tertiary/aromatic N) is 1. The average molecular weight is 369 g/mol. The molecular formula is C23H32N2O2. The molecule has 2 aromatic rings. The Kier molecular flexibility index (Phi) is 7.86. The molecule has 4 nitrogen and oxygen atoms in total. The fourth-order valence-corrected chi connectivity index (χ4v) is 2.88. The van der Waals surface area contributed by atoms with E-state index in [1.54, 1.807) is 0 Å². The van der Waals surface area contributed by atoms with Crippen molar-refractivity contribution in [2.45, 2.75) is 52.3 Å². The lowest BCUT2D eigenvalue weighted by atomic mass is 10.1. The van der Waals surface area contributed by atoms with Gasteiger partial charge in [0.2, 0.25) is 0 Å². The average Bonchev–Trinajstić information content (AvgIpc) is 2.64. The van der Waals surface area contributed by atoms with Gasteiger partial charge in [-0.25, -0.2) is 4.79 Å². The minimum atomic E-state index is -0.503. The molecule has 0 fully saturated rings. The molecule has 1 atom stereocenters. The predicted molar refractivity (Wildman–Crippen MR) is 111 cm³/mol. The first-order chi connectivity index (χ1) is 12.9. The van der Waals surface area contributed by atoms with Crippen molar-refractivity contribution >= 4 is 6.09 Å². The van der Waals surface area contributed by atoms with Crippen molar-refractivity contribution < 1.29 is 9.53 Å². The Balaban J connectivity index is 1.92. The lowest BCUT2D eigenvalue weighted by Gasteiger charge is -2.32. The lowest BCUT2D eigenvalue weighted by molar-refractivity contribution is 0.0171. The summed E-state index contributed by atoms with van der Waals surface area (Å²) in [6.45, 7) is 10.1. The van der Waals surface area contributed by atoms with Crippen LogP contribution in [0.1, 0.15) is 51.3 Å². The maximum Gasteiger partial charge on any atom is 0.410 e. The summed E-state index contributed by atoms with van der Waals surface area (Å²) in [6, 6.07) is 20.4. The largest absolute Gasteiger partial charge is 0.444 e. The van der Waals surface area contributed by atoms with Crippen LogP contribution in [0, 0.1) is 0 Å². The zero-order chi connectivity index (χ0) is 19.7. The molecule has 1 amide bonds. The number of amides is 1. The summed E-state index contributed by atoms with van der Waals surface area (Å²) in [5.74, 6) is 0. The van der Waals surface area contributed by atoms with E-state index < -0.39 is 5.60 Å². The molecule has 1 N–H and O–H groups in total. The van der Waals surface area contributed by atoms with Gasteiger partial charge in [0, 0.05) is 13.1 Å². The molecule has 0 spiro atoms. The van der Waals surface area contributed by atoms with Crippen LogP contribution in [0.25, 0.3) is 0 Å². The molecular weight excluding hydrogens is 336 g/mol. The molecule has 0 aliphatic rings. The highest BCUT2D eigenvalue weighted by atomic mass is 16.6. The standard InChI is InChI=1S/C23H32N2O2/c1-19(21-14-9-6-10-15-21)25(22(26)27-23(2,3)4)17-11-16-24-18-20-12-7-5-8-13-20/h5-10,12-15,19,24H,11,16-18H2,1-4H3/t19-/m0/s1. The van der Waals surface area contributed by atoms with E-state index in [1.165, 1.54) is 5.56 Å². The van der Waals surface area contributed by atoms with Crippen LogP contribution in [-0.2, 0) is 11.3 Å². The van der Waals surface area contributed by atoms with Crippen LogP contribution in [0.4, 0.5) is 4.79 Å². The Labute approximate surface area is 163 Å². The summed E-state index contributed by atoms with van der Waals surface area (Å²) < 4.78 is 5.64. The maximum absolute atomic E-state index is 12.7. The van der Waals surface area contributed by atoms with E-state index in [1.807, 2.05) is 62.1 Å². The van der Waals surface area contributed by atoms with Crippen molar-refractivity contribution in [1.82, 2.24) is 10.2 Å². The van der Waals surface area contributed by atoms with Crippen molar-refractivity contribution in [3.63, 3.8) is 0 Å². The number of carbonyl (C=O) groups is 1. The molecule has 0 saturated carbocycles. The van der Waals surface area contributed by atoms with Crippen molar-refractivity contribution in [3.05, 3.63) is 71.8 Å². The van der Waals surface area contributed by atoms with Gasteiger partial charge in [-0.15, -0.1) is 0 Å². The second-order valence-electron chi connectivity index (χ2n) is 7.78. The molecule has 146 valence electrons. The second kappa shape index (κ2) is 10.1. The first-order valence-corrected chi connectivity index (χ1v) is 9.66. The van der Waals surface area contributed by atoms with Crippen LogP contribution in [-0.4, -0.2) is 29.7 Å². The van der Waals surface area contributed by atoms with Gasteiger partial charge < -0.3 is 15.0 Å². The second-order valence-corrected chi connectivity index (χ2v) is 7.78. The Morgan fingerprint density at radius 2 is 1.63 bits per heavy atom. The molecule has 0 heterocycles. The zero-order valence-corrected chi connectivity index (χ0v) is 16.9. The fraction of sp³-hybridized carbons (Fsp3) is 0.435. The lowest BCUT2D eigenvalue weighted by Crippen LogP contribution is -2.39. The zero-order valence-electron chi connectivity index (χ0n) is 16.9. The third-order valence-corrected chi connectivity index (χ3v) is 4.30. The third kappa shape index (κ3) is 7.43. The van der Waals surface area contributed by atoms with Crippen LogP contribution in [0.2, 0.25) is 0 Å². The quantitative estimate of drug-likeness (QED) is 0.654. The number of hydrogen-bond donors (Lipinski definition) is 1. The molecule has 0 aliphatic heterocycles. The van der Waals surface area contributed by atoms with E-state index in [-0.39, 0.29) is 12.1 Å². The summed E-state index contributed by atoms with van der Waals surface area (Å²) in [7, 11) is 0. The smallest absolute Gasteiger partial charge is 0.410 e. The number of ether oxygens (including phenoxy) is 1. The van der Waals surface area contributed by atoms with Crippen LogP contribution in [0.5, 0.6) is 0 Å². The highest BCUT2D eigenvalue weighted by molar-refractivity contribution is 5.68. The Bertz CT molecular complexity index is 681. The molecule has 0 saturated heterocycles. The summed E-state index contributed by atoms with van der Waals surface area (Å²) in [4.78, 5) is 14.6. The normalized spacial score (nSPS) is 12.4. The van der Waals surface area contributed by atoms with Crippen LogP contribution >= 0.6 is 0 Å². The van der Waals surface area contributed by atoms with Crippen molar-refractivity contribution in [1.29, 1.82) is 0 Å². The van der Waals surface area contributed by atoms with E-state index in [0.29, 0.717) is 6.54 Å². The van der Waals surface area contributed by atoms with Gasteiger partial charge in [0.1, 0.15) is 5.60 Å². The van der Waals surface area contributed by atoms with Gasteiger partial charge in [0.15, 0.2) is 0 Å². The van der Waals surface area contributed by atoms with Crippen molar-refractivity contribution in [2.24, 2.45) is 0 Å². The van der Waals surface area contributed by atoms with Gasteiger partial charge in [-0.3, -0.25) is 0 Å². The summed E-state index contributed by atoms with van der Waals surface area (Å²) in [5.41, 5.74) is 1.87. The highest BCUT2D eigenvalue weighted by Gasteiger charge is 2.26. The first kappa shape index (κ1) is 21.0. The van der Waals surface area contributed by atoms with E-state index in [4.69, 9.17) is 4.74 Å². The first-order valence-electron chi connectivity index (χ1n) is 9.66. The minimum absolute atomic E-state index is 0.0322. The topological polar surface area (TPSA) is 41.6 Å². The van der Waals surface area contributed by atoms with Crippen molar-refractivity contribution in [3.8, 4) is 0 Å². The third-order valence-electron chi connectivity index (χ3n) is 4.30. The molecule has 27 heavy (non-hydrogen) atoms. The van der Waals surface area contributed by atoms with Gasteiger partial charge in [-0.1, -0.05) is 60.7 Å². The molecule has 0 aliphatic carbocycles. The maximum atomic E-state index is 12.7. The van der Waals surface area contributed by atoms with Crippen LogP contribution in [0.3, 0.4) is 0 Å². The van der Waals surface area contributed by atoms with Gasteiger partial charge in [-0.05, 0) is 51.8 Å². The number of rotatable bonds is 8. The molecule has 0 radical (unpaired) electrons. The highest BCUT2D eigenvalue weighted by Crippen LogP contribution is 2.22. The number of benzene rings is 2. The van der Waals surface area contributed by atoms with Gasteiger partial charge in [0.25, 0.3) is 0 Å². The SMILES string of the molecule is C[C@@H](c1ccccc1)N(CCCNCc1ccccc1)C(=O)OC(C)(C)C. The predicted octanol–water partition coefficient (Wildman–Crippen LogP) is 5.16. The van der Waals surface area contributed by atoms with Gasteiger partial charge in [-0.2, -0.15) is 0 Å². The Hall–Kier alpha value is -2.33. The monoisotopic (exact) mass is 368 g/mol. The molecule has 2 rings (SSSR count). The molecule has 0 aromatic heterocycles. The van der Waals surface area contributed by atoms with Crippen LogP contribution in [0.15, 0.2) is 60.7 Å². The van der Waals surface area contributed by atoms with Crippen molar-refractivity contribution in [2.75, 3.05) is 13.1 Å². The van der Waals surface area contributed by atoms with Gasteiger partial charge in [0.05, 0.1) is 6.04 Å². The summed E-state index contributed by atoms with van der Waals surface area (Å²) >= 11 is 0. The van der Waals surface area contributed by atoms with E-state index in [0.717, 1.165) is 25.1 Å². The summed E-state index contributed by atoms with van der Waals surface area (Å²) in [6.07, 6.45) is 0.602. The summed E-state index contributed by atoms with van der Waals surface area (Å²) in [5, 5.41) is 3.44. The molecule has 0 unspecified atom stereocenters. The number of hydrogen-bond acceptors (Lipinski definition) is 3. The molecule has 4 heteroatoms. The van der Waals surface area contributed by atoms with E-state index in [2.05, 4.69) is 36.5 Å². The Morgan fingerprint density at radius 1 is 1.04 bits per heavy atom. The van der Waals surface area contributed by atoms with Crippen LogP contribution < -0.4 is 5.32 Å². The van der Waals surface area contributed by atoms with E-state index >= 15 is 0 Å². The molecule has 2 aromatic carbocycles. The number of carbonyl (C=O) groups excluding carboxylic acids is 1.